The number of hydrogen-bond donors (Lipinski definition) is 2. The number of rotatable bonds is 4. The first kappa shape index (κ1) is 17.1. The summed E-state index contributed by atoms with van der Waals surface area (Å²) < 4.78 is 9.60. The molecule has 3 rings (SSSR count). The molecule has 9 nitrogen and oxygen atoms in total. The van der Waals surface area contributed by atoms with E-state index in [1.807, 2.05) is 0 Å². The first-order valence-electron chi connectivity index (χ1n) is 7.55. The number of methoxy groups -OCH3 is 1. The van der Waals surface area contributed by atoms with E-state index >= 15 is 0 Å². The Balaban J connectivity index is 1.70. The van der Waals surface area contributed by atoms with Gasteiger partial charge in [0.2, 0.25) is 5.89 Å². The normalized spacial score (nSPS) is 15.1. The Morgan fingerprint density at radius 3 is 2.64 bits per heavy atom. The van der Waals surface area contributed by atoms with Gasteiger partial charge in [-0.25, -0.2) is 4.79 Å². The lowest BCUT2D eigenvalue weighted by atomic mass is 9.76. The molecule has 2 heterocycles. The Hall–Kier alpha value is -2.75. The minimum Gasteiger partial charge on any atom is -0.465 e. The molecule has 2 N–H and O–H groups in total. The predicted molar refractivity (Wildman–Crippen MR) is 87.0 cm³/mol. The molecule has 2 aromatic rings. The standard InChI is InChI=1S/C15H16N4O5S/c1-8-16-14(19-24-8)15(5-3-6-15)18-11(21)10(20)17-12-9(4-7-25-12)13(22)23-2/h4,7H,3,5-6H2,1-2H3,(H,17,20)(H,18,21). The second-order valence-corrected chi connectivity index (χ2v) is 6.55. The Morgan fingerprint density at radius 2 is 2.08 bits per heavy atom. The van der Waals surface area contributed by atoms with Crippen molar-refractivity contribution in [3.63, 3.8) is 0 Å². The summed E-state index contributed by atoms with van der Waals surface area (Å²) >= 11 is 1.12. The lowest BCUT2D eigenvalue weighted by Gasteiger charge is -2.39. The Bertz CT molecular complexity index is 824. The largest absolute Gasteiger partial charge is 0.465 e. The van der Waals surface area contributed by atoms with E-state index in [4.69, 9.17) is 4.52 Å². The molecule has 0 unspecified atom stereocenters. The smallest absolute Gasteiger partial charge is 0.340 e. The van der Waals surface area contributed by atoms with E-state index in [0.717, 1.165) is 17.8 Å². The number of carbonyl (C=O) groups is 3. The van der Waals surface area contributed by atoms with Gasteiger partial charge in [0.25, 0.3) is 0 Å². The molecule has 1 aliphatic rings. The quantitative estimate of drug-likeness (QED) is 0.620. The number of esters is 1. The van der Waals surface area contributed by atoms with Crippen molar-refractivity contribution in [2.45, 2.75) is 31.7 Å². The summed E-state index contributed by atoms with van der Waals surface area (Å²) in [6, 6.07) is 1.51. The van der Waals surface area contributed by atoms with Crippen LogP contribution in [0.1, 0.15) is 41.3 Å². The summed E-state index contributed by atoms with van der Waals surface area (Å²) in [6.45, 7) is 1.66. The number of aromatic nitrogens is 2. The van der Waals surface area contributed by atoms with Gasteiger partial charge in [-0.2, -0.15) is 4.98 Å². The van der Waals surface area contributed by atoms with Crippen LogP contribution in [0.4, 0.5) is 5.00 Å². The summed E-state index contributed by atoms with van der Waals surface area (Å²) in [5.41, 5.74) is -0.590. The molecule has 10 heteroatoms. The van der Waals surface area contributed by atoms with Crippen molar-refractivity contribution in [3.8, 4) is 0 Å². The average molecular weight is 364 g/mol. The van der Waals surface area contributed by atoms with Gasteiger partial charge in [-0.1, -0.05) is 5.16 Å². The van der Waals surface area contributed by atoms with E-state index in [9.17, 15) is 14.4 Å². The maximum Gasteiger partial charge on any atom is 0.340 e. The fraction of sp³-hybridized carbons (Fsp3) is 0.400. The second-order valence-electron chi connectivity index (χ2n) is 5.64. The number of amides is 2. The van der Waals surface area contributed by atoms with E-state index in [2.05, 4.69) is 25.5 Å². The fourth-order valence-electron chi connectivity index (χ4n) is 2.54. The van der Waals surface area contributed by atoms with Crippen LogP contribution in [0.3, 0.4) is 0 Å². The van der Waals surface area contributed by atoms with Crippen molar-refractivity contribution in [2.24, 2.45) is 0 Å². The maximum absolute atomic E-state index is 12.3. The summed E-state index contributed by atoms with van der Waals surface area (Å²) in [7, 11) is 1.24. The fourth-order valence-corrected chi connectivity index (χ4v) is 3.31. The van der Waals surface area contributed by atoms with Crippen molar-refractivity contribution < 1.29 is 23.6 Å². The highest BCUT2D eigenvalue weighted by Gasteiger charge is 2.45. The number of nitrogens with one attached hydrogen (secondary N) is 2. The van der Waals surface area contributed by atoms with Crippen molar-refractivity contribution in [3.05, 3.63) is 28.7 Å². The van der Waals surface area contributed by atoms with Gasteiger partial charge in [0.05, 0.1) is 12.7 Å². The summed E-state index contributed by atoms with van der Waals surface area (Å²) in [5.74, 6) is -1.54. The van der Waals surface area contributed by atoms with Crippen LogP contribution in [0, 0.1) is 6.92 Å². The number of carbonyl (C=O) groups excluding carboxylic acids is 3. The molecule has 0 saturated heterocycles. The van der Waals surface area contributed by atoms with E-state index in [1.165, 1.54) is 13.2 Å². The Morgan fingerprint density at radius 1 is 1.32 bits per heavy atom. The number of thiophene rings is 1. The van der Waals surface area contributed by atoms with Crippen LogP contribution in [0.2, 0.25) is 0 Å². The van der Waals surface area contributed by atoms with Crippen LogP contribution in [-0.2, 0) is 19.9 Å². The van der Waals surface area contributed by atoms with E-state index in [0.29, 0.717) is 24.6 Å². The van der Waals surface area contributed by atoms with Gasteiger partial charge in [0.15, 0.2) is 5.82 Å². The monoisotopic (exact) mass is 364 g/mol. The molecule has 1 aliphatic carbocycles. The molecule has 0 radical (unpaired) electrons. The van der Waals surface area contributed by atoms with E-state index in [1.54, 1.807) is 12.3 Å². The molecule has 0 aliphatic heterocycles. The third kappa shape index (κ3) is 3.25. The third-order valence-electron chi connectivity index (χ3n) is 4.02. The van der Waals surface area contributed by atoms with Gasteiger partial charge < -0.3 is 19.9 Å². The zero-order valence-electron chi connectivity index (χ0n) is 13.6. The average Bonchev–Trinajstić information content (AvgIpc) is 3.19. The Kier molecular flexibility index (Phi) is 4.53. The molecule has 2 aromatic heterocycles. The molecular weight excluding hydrogens is 348 g/mol. The van der Waals surface area contributed by atoms with Gasteiger partial charge in [0.1, 0.15) is 10.5 Å². The van der Waals surface area contributed by atoms with Gasteiger partial charge in [-0.15, -0.1) is 11.3 Å². The van der Waals surface area contributed by atoms with Crippen molar-refractivity contribution in [1.82, 2.24) is 15.5 Å². The molecule has 25 heavy (non-hydrogen) atoms. The summed E-state index contributed by atoms with van der Waals surface area (Å²) in [6.07, 6.45) is 2.13. The highest BCUT2D eigenvalue weighted by molar-refractivity contribution is 7.14. The van der Waals surface area contributed by atoms with E-state index < -0.39 is 23.3 Å². The van der Waals surface area contributed by atoms with Gasteiger partial charge in [0, 0.05) is 6.92 Å². The number of nitrogens with zero attached hydrogens (tertiary/aromatic N) is 2. The van der Waals surface area contributed by atoms with Crippen LogP contribution in [0.5, 0.6) is 0 Å². The molecule has 132 valence electrons. The number of anilines is 1. The van der Waals surface area contributed by atoms with Crippen LogP contribution in [0.15, 0.2) is 16.0 Å². The molecular formula is C15H16N4O5S. The SMILES string of the molecule is COC(=O)c1ccsc1NC(=O)C(=O)NC1(c2noc(C)n2)CCC1. The van der Waals surface area contributed by atoms with Gasteiger partial charge >= 0.3 is 17.8 Å². The van der Waals surface area contributed by atoms with Crippen LogP contribution < -0.4 is 10.6 Å². The second kappa shape index (κ2) is 6.63. The molecule has 1 saturated carbocycles. The van der Waals surface area contributed by atoms with E-state index in [-0.39, 0.29) is 10.6 Å². The highest BCUT2D eigenvalue weighted by Crippen LogP contribution is 2.39. The number of ether oxygens (including phenoxy) is 1. The van der Waals surface area contributed by atoms with Gasteiger partial charge in [-0.05, 0) is 30.7 Å². The maximum atomic E-state index is 12.3. The topological polar surface area (TPSA) is 123 Å². The first-order valence-corrected chi connectivity index (χ1v) is 8.43. The zero-order valence-corrected chi connectivity index (χ0v) is 14.4. The highest BCUT2D eigenvalue weighted by atomic mass is 32.1. The van der Waals surface area contributed by atoms with Crippen LogP contribution in [-0.4, -0.2) is 35.0 Å². The minimum atomic E-state index is -0.876. The number of aryl methyl sites for hydroxylation is 1. The van der Waals surface area contributed by atoms with Gasteiger partial charge in [-0.3, -0.25) is 9.59 Å². The summed E-state index contributed by atoms with van der Waals surface area (Å²) in [5, 5.41) is 10.9. The van der Waals surface area contributed by atoms with Crippen LogP contribution in [0.25, 0.3) is 0 Å². The van der Waals surface area contributed by atoms with Crippen molar-refractivity contribution in [2.75, 3.05) is 12.4 Å². The Labute approximate surface area is 146 Å². The first-order chi connectivity index (χ1) is 11.9. The predicted octanol–water partition coefficient (Wildman–Crippen LogP) is 1.36. The number of hydrogen-bond acceptors (Lipinski definition) is 8. The molecule has 0 spiro atoms. The van der Waals surface area contributed by atoms with Crippen molar-refractivity contribution >= 4 is 34.1 Å². The lowest BCUT2D eigenvalue weighted by molar-refractivity contribution is -0.138. The molecule has 0 aromatic carbocycles. The minimum absolute atomic E-state index is 0.195. The van der Waals surface area contributed by atoms with Crippen molar-refractivity contribution in [1.29, 1.82) is 0 Å². The lowest BCUT2D eigenvalue weighted by Crippen LogP contribution is -2.54. The molecule has 2 amide bonds. The molecule has 1 fully saturated rings. The summed E-state index contributed by atoms with van der Waals surface area (Å²) in [4.78, 5) is 40.3. The van der Waals surface area contributed by atoms with Crippen LogP contribution >= 0.6 is 11.3 Å². The molecule has 0 bridgehead atoms. The zero-order chi connectivity index (χ0) is 18.0. The molecule has 0 atom stereocenters. The third-order valence-corrected chi connectivity index (χ3v) is 4.85.